The van der Waals surface area contributed by atoms with E-state index in [1.54, 1.807) is 37.8 Å². The minimum Gasteiger partial charge on any atom is -0.493 e. The summed E-state index contributed by atoms with van der Waals surface area (Å²) in [4.78, 5) is 16.2. The number of nitrogens with zero attached hydrogens (tertiary/aromatic N) is 2. The first-order valence-electron chi connectivity index (χ1n) is 7.68. The molecule has 0 aliphatic rings. The normalized spacial score (nSPS) is 10.6. The van der Waals surface area contributed by atoms with Crippen LogP contribution in [0.4, 0.5) is 0 Å². The third-order valence-electron chi connectivity index (χ3n) is 3.23. The molecule has 1 aromatic carbocycles. The van der Waals surface area contributed by atoms with Crippen LogP contribution >= 0.6 is 0 Å². The molecule has 1 amide bonds. The maximum Gasteiger partial charge on any atom is 0.251 e. The molecule has 0 spiro atoms. The van der Waals surface area contributed by atoms with E-state index in [0.717, 1.165) is 13.0 Å². The van der Waals surface area contributed by atoms with Crippen molar-refractivity contribution in [2.45, 2.75) is 32.9 Å². The molecule has 0 atom stereocenters. The Balaban J connectivity index is 1.88. The lowest BCUT2D eigenvalue weighted by Gasteiger charge is -2.14. The number of carbonyl (C=O) groups excluding carboxylic acids is 1. The average molecular weight is 317 g/mol. The number of rotatable bonds is 8. The topological polar surface area (TPSA) is 65.4 Å². The van der Waals surface area contributed by atoms with Crippen LogP contribution in [0.1, 0.15) is 30.6 Å². The van der Waals surface area contributed by atoms with E-state index in [0.29, 0.717) is 23.6 Å². The van der Waals surface area contributed by atoms with E-state index in [-0.39, 0.29) is 12.0 Å². The molecule has 23 heavy (non-hydrogen) atoms. The molecule has 124 valence electrons. The highest BCUT2D eigenvalue weighted by atomic mass is 16.5. The number of imidazole rings is 1. The third-order valence-corrected chi connectivity index (χ3v) is 3.23. The lowest BCUT2D eigenvalue weighted by atomic mass is 10.2. The van der Waals surface area contributed by atoms with E-state index in [4.69, 9.17) is 9.47 Å². The summed E-state index contributed by atoms with van der Waals surface area (Å²) >= 11 is 0. The van der Waals surface area contributed by atoms with E-state index in [1.807, 2.05) is 24.6 Å². The maximum atomic E-state index is 12.2. The van der Waals surface area contributed by atoms with Crippen molar-refractivity contribution in [3.63, 3.8) is 0 Å². The van der Waals surface area contributed by atoms with Gasteiger partial charge in [-0.15, -0.1) is 0 Å². The fourth-order valence-electron chi connectivity index (χ4n) is 2.14. The van der Waals surface area contributed by atoms with E-state index >= 15 is 0 Å². The molecule has 1 heterocycles. The summed E-state index contributed by atoms with van der Waals surface area (Å²) in [5.41, 5.74) is 0.556. The fourth-order valence-corrected chi connectivity index (χ4v) is 2.14. The van der Waals surface area contributed by atoms with Gasteiger partial charge < -0.3 is 19.4 Å². The number of methoxy groups -OCH3 is 1. The van der Waals surface area contributed by atoms with Crippen LogP contribution < -0.4 is 14.8 Å². The van der Waals surface area contributed by atoms with Gasteiger partial charge in [0.05, 0.1) is 19.5 Å². The maximum absolute atomic E-state index is 12.2. The predicted octanol–water partition coefficient (Wildman–Crippen LogP) is 2.50. The van der Waals surface area contributed by atoms with Gasteiger partial charge in [-0.1, -0.05) is 0 Å². The average Bonchev–Trinajstić information content (AvgIpc) is 3.04. The Kier molecular flexibility index (Phi) is 6.02. The van der Waals surface area contributed by atoms with E-state index < -0.39 is 0 Å². The Hall–Kier alpha value is -2.50. The van der Waals surface area contributed by atoms with Gasteiger partial charge in [0.2, 0.25) is 0 Å². The van der Waals surface area contributed by atoms with E-state index in [9.17, 15) is 4.79 Å². The van der Waals surface area contributed by atoms with Crippen LogP contribution in [0, 0.1) is 0 Å². The summed E-state index contributed by atoms with van der Waals surface area (Å²) in [7, 11) is 1.56. The zero-order chi connectivity index (χ0) is 16.7. The molecule has 6 nitrogen and oxygen atoms in total. The third kappa shape index (κ3) is 5.02. The van der Waals surface area contributed by atoms with Crippen molar-refractivity contribution in [1.29, 1.82) is 0 Å². The lowest BCUT2D eigenvalue weighted by Crippen LogP contribution is -2.25. The standard InChI is InChI=1S/C17H23N3O3/c1-13(2)23-15-6-5-14(11-16(15)22-3)17(21)19-7-4-9-20-10-8-18-12-20/h5-6,8,10-13H,4,7,9H2,1-3H3,(H,19,21). The minimum atomic E-state index is -0.120. The molecule has 0 saturated carbocycles. The summed E-state index contributed by atoms with van der Waals surface area (Å²) in [5, 5.41) is 2.90. The molecule has 2 rings (SSSR count). The Morgan fingerprint density at radius 1 is 1.35 bits per heavy atom. The Labute approximate surface area is 136 Å². The molecule has 0 radical (unpaired) electrons. The molecule has 0 fully saturated rings. The molecule has 0 aliphatic heterocycles. The largest absolute Gasteiger partial charge is 0.493 e. The van der Waals surface area contributed by atoms with Crippen LogP contribution in [0.25, 0.3) is 0 Å². The Bertz CT molecular complexity index is 624. The molecule has 0 saturated heterocycles. The van der Waals surface area contributed by atoms with Gasteiger partial charge in [-0.3, -0.25) is 4.79 Å². The summed E-state index contributed by atoms with van der Waals surface area (Å²) < 4.78 is 12.9. The van der Waals surface area contributed by atoms with Crippen molar-refractivity contribution < 1.29 is 14.3 Å². The Morgan fingerprint density at radius 3 is 2.83 bits per heavy atom. The smallest absolute Gasteiger partial charge is 0.251 e. The van der Waals surface area contributed by atoms with Gasteiger partial charge in [0.15, 0.2) is 11.5 Å². The van der Waals surface area contributed by atoms with Crippen molar-refractivity contribution in [3.8, 4) is 11.5 Å². The summed E-state index contributed by atoms with van der Waals surface area (Å²) in [6.45, 7) is 5.31. The van der Waals surface area contributed by atoms with Crippen LogP contribution in [-0.4, -0.2) is 35.2 Å². The second kappa shape index (κ2) is 8.22. The van der Waals surface area contributed by atoms with Gasteiger partial charge in [0, 0.05) is 31.0 Å². The number of ether oxygens (including phenoxy) is 2. The van der Waals surface area contributed by atoms with Crippen molar-refractivity contribution in [2.24, 2.45) is 0 Å². The molecule has 0 unspecified atom stereocenters. The number of carbonyl (C=O) groups is 1. The summed E-state index contributed by atoms with van der Waals surface area (Å²) in [6, 6.07) is 5.20. The number of benzene rings is 1. The first-order chi connectivity index (χ1) is 11.1. The van der Waals surface area contributed by atoms with E-state index in [1.165, 1.54) is 0 Å². The predicted molar refractivity (Wildman–Crippen MR) is 87.9 cm³/mol. The first-order valence-corrected chi connectivity index (χ1v) is 7.68. The molecule has 0 aliphatic carbocycles. The zero-order valence-electron chi connectivity index (χ0n) is 13.8. The van der Waals surface area contributed by atoms with Crippen molar-refractivity contribution in [3.05, 3.63) is 42.5 Å². The monoisotopic (exact) mass is 317 g/mol. The van der Waals surface area contributed by atoms with Gasteiger partial charge in [0.25, 0.3) is 5.91 Å². The van der Waals surface area contributed by atoms with Crippen LogP contribution in [0.2, 0.25) is 0 Å². The number of hydrogen-bond acceptors (Lipinski definition) is 4. The highest BCUT2D eigenvalue weighted by Gasteiger charge is 2.11. The SMILES string of the molecule is COc1cc(C(=O)NCCCn2ccnc2)ccc1OC(C)C. The quantitative estimate of drug-likeness (QED) is 0.760. The van der Waals surface area contributed by atoms with Gasteiger partial charge in [-0.25, -0.2) is 4.98 Å². The highest BCUT2D eigenvalue weighted by Crippen LogP contribution is 2.28. The molecular weight excluding hydrogens is 294 g/mol. The minimum absolute atomic E-state index is 0.0479. The summed E-state index contributed by atoms with van der Waals surface area (Å²) in [6.07, 6.45) is 6.30. The number of aromatic nitrogens is 2. The van der Waals surface area contributed by atoms with E-state index in [2.05, 4.69) is 10.3 Å². The van der Waals surface area contributed by atoms with Crippen LogP contribution in [-0.2, 0) is 6.54 Å². The molecule has 1 N–H and O–H groups in total. The van der Waals surface area contributed by atoms with Crippen molar-refractivity contribution >= 4 is 5.91 Å². The molecular formula is C17H23N3O3. The second-order valence-electron chi connectivity index (χ2n) is 5.44. The first kappa shape index (κ1) is 16.9. The molecule has 0 bridgehead atoms. The molecule has 2 aromatic rings. The van der Waals surface area contributed by atoms with Gasteiger partial charge >= 0.3 is 0 Å². The zero-order valence-corrected chi connectivity index (χ0v) is 13.8. The van der Waals surface area contributed by atoms with Crippen molar-refractivity contribution in [1.82, 2.24) is 14.9 Å². The number of hydrogen-bond donors (Lipinski definition) is 1. The number of nitrogens with one attached hydrogen (secondary N) is 1. The van der Waals surface area contributed by atoms with Crippen LogP contribution in [0.15, 0.2) is 36.9 Å². The van der Waals surface area contributed by atoms with Crippen LogP contribution in [0.5, 0.6) is 11.5 Å². The molecule has 6 heteroatoms. The van der Waals surface area contributed by atoms with Gasteiger partial charge in [-0.05, 0) is 38.5 Å². The van der Waals surface area contributed by atoms with Crippen LogP contribution in [0.3, 0.4) is 0 Å². The van der Waals surface area contributed by atoms with Gasteiger partial charge in [0.1, 0.15) is 0 Å². The number of amides is 1. The highest BCUT2D eigenvalue weighted by molar-refractivity contribution is 5.94. The van der Waals surface area contributed by atoms with Gasteiger partial charge in [-0.2, -0.15) is 0 Å². The fraction of sp³-hybridized carbons (Fsp3) is 0.412. The molecule has 1 aromatic heterocycles. The number of aryl methyl sites for hydroxylation is 1. The van der Waals surface area contributed by atoms with Crippen molar-refractivity contribution in [2.75, 3.05) is 13.7 Å². The second-order valence-corrected chi connectivity index (χ2v) is 5.44. The Morgan fingerprint density at radius 2 is 2.17 bits per heavy atom. The summed E-state index contributed by atoms with van der Waals surface area (Å²) in [5.74, 6) is 1.08. The lowest BCUT2D eigenvalue weighted by molar-refractivity contribution is 0.0952.